The minimum atomic E-state index is -0.125. The number of rotatable bonds is 1. The van der Waals surface area contributed by atoms with E-state index < -0.39 is 0 Å². The van der Waals surface area contributed by atoms with Gasteiger partial charge in [0.25, 0.3) is 0 Å². The molecule has 0 heterocycles. The molecule has 2 N–H and O–H groups in total. The Morgan fingerprint density at radius 2 is 1.14 bits per heavy atom. The lowest BCUT2D eigenvalue weighted by Crippen LogP contribution is -1.85. The zero-order chi connectivity index (χ0) is 5.41. The first kappa shape index (κ1) is 15.7. The van der Waals surface area contributed by atoms with Crippen LogP contribution in [0.3, 0.4) is 0 Å². The summed E-state index contributed by atoms with van der Waals surface area (Å²) in [6.07, 6.45) is 0. The lowest BCUT2D eigenvalue weighted by Gasteiger charge is -1.70. The quantitative estimate of drug-likeness (QED) is 0.336. The van der Waals surface area contributed by atoms with Crippen molar-refractivity contribution in [3.63, 3.8) is 0 Å². The van der Waals surface area contributed by atoms with Crippen molar-refractivity contribution in [3.8, 4) is 0 Å². The third-order valence-electron chi connectivity index (χ3n) is 0.1000. The molecule has 0 atom stereocenters. The summed E-state index contributed by atoms with van der Waals surface area (Å²) in [5, 5.41) is 15.2. The summed E-state index contributed by atoms with van der Waals surface area (Å²) in [5.74, 6) is 0. The molecule has 0 bridgehead atoms. The highest BCUT2D eigenvalue weighted by molar-refractivity contribution is 5.75. The first-order valence-electron chi connectivity index (χ1n) is 1.63. The second kappa shape index (κ2) is 32.1. The van der Waals surface area contributed by atoms with E-state index >= 15 is 0 Å². The molecule has 0 amide bonds. The second-order valence-corrected chi connectivity index (χ2v) is 0.447. The molecule has 2 nitrogen and oxygen atoms in total. The average Bonchev–Trinajstić information content (AvgIpc) is 1.72. The second-order valence-electron chi connectivity index (χ2n) is 0.447. The minimum absolute atomic E-state index is 0. The molecular weight excluding hydrogens is 104 g/mol. The van der Waals surface area contributed by atoms with E-state index in [9.17, 15) is 0 Å². The van der Waals surface area contributed by atoms with Crippen molar-refractivity contribution in [2.45, 2.75) is 0 Å². The van der Waals surface area contributed by atoms with Gasteiger partial charge in [0.15, 0.2) is 0 Å². The SMILES string of the molecule is C=C.OCCO.[MgH2]. The summed E-state index contributed by atoms with van der Waals surface area (Å²) in [5.41, 5.74) is 0. The van der Waals surface area contributed by atoms with Crippen LogP contribution in [-0.4, -0.2) is 46.5 Å². The molecule has 0 aliphatic carbocycles. The maximum Gasteiger partial charge on any atom is 0.316 e. The van der Waals surface area contributed by atoms with E-state index in [1.807, 2.05) is 0 Å². The normalized spacial score (nSPS) is 4.86. The van der Waals surface area contributed by atoms with Gasteiger partial charge in [-0.2, -0.15) is 0 Å². The topological polar surface area (TPSA) is 40.5 Å². The Labute approximate surface area is 60.0 Å². The standard InChI is InChI=1S/C2H6O2.C2H4.Mg.2H/c3-1-2-4;1-2;;;/h3-4H,1-2H2;1-2H2;;;. The van der Waals surface area contributed by atoms with Crippen molar-refractivity contribution in [2.75, 3.05) is 13.2 Å². The Hall–Kier alpha value is 0.426. The van der Waals surface area contributed by atoms with Gasteiger partial charge < -0.3 is 10.2 Å². The summed E-state index contributed by atoms with van der Waals surface area (Å²) in [4.78, 5) is 0. The van der Waals surface area contributed by atoms with Crippen LogP contribution >= 0.6 is 0 Å². The Morgan fingerprint density at radius 1 is 1.00 bits per heavy atom. The number of hydrogen-bond donors (Lipinski definition) is 2. The zero-order valence-electron chi connectivity index (χ0n) is 3.72. The number of aliphatic hydroxyl groups excluding tert-OH is 2. The van der Waals surface area contributed by atoms with Crippen molar-refractivity contribution >= 4 is 23.1 Å². The maximum atomic E-state index is 7.62. The van der Waals surface area contributed by atoms with Gasteiger partial charge in [0, 0.05) is 0 Å². The van der Waals surface area contributed by atoms with Crippen LogP contribution in [-0.2, 0) is 0 Å². The average molecular weight is 116 g/mol. The van der Waals surface area contributed by atoms with Gasteiger partial charge >= 0.3 is 23.1 Å². The molecule has 0 fully saturated rings. The molecule has 0 rings (SSSR count). The fourth-order valence-corrected chi connectivity index (χ4v) is 0. The number of aliphatic hydroxyl groups is 2. The van der Waals surface area contributed by atoms with Gasteiger partial charge in [-0.05, 0) is 0 Å². The fraction of sp³-hybridized carbons (Fsp3) is 0.500. The van der Waals surface area contributed by atoms with Gasteiger partial charge in [0.1, 0.15) is 0 Å². The summed E-state index contributed by atoms with van der Waals surface area (Å²) in [6, 6.07) is 0. The van der Waals surface area contributed by atoms with Crippen molar-refractivity contribution in [1.29, 1.82) is 0 Å². The van der Waals surface area contributed by atoms with Crippen molar-refractivity contribution < 1.29 is 10.2 Å². The molecule has 0 aromatic rings. The predicted molar refractivity (Wildman–Crippen MR) is 34.0 cm³/mol. The third-order valence-corrected chi connectivity index (χ3v) is 0.1000. The fourth-order valence-electron chi connectivity index (χ4n) is 0. The molecule has 0 radical (unpaired) electrons. The van der Waals surface area contributed by atoms with E-state index in [2.05, 4.69) is 13.2 Å². The van der Waals surface area contributed by atoms with E-state index in [-0.39, 0.29) is 36.3 Å². The molecule has 0 saturated carbocycles. The van der Waals surface area contributed by atoms with E-state index in [4.69, 9.17) is 10.2 Å². The molecule has 42 valence electrons. The van der Waals surface area contributed by atoms with Gasteiger partial charge in [-0.15, -0.1) is 13.2 Å². The lowest BCUT2D eigenvalue weighted by molar-refractivity contribution is 0.186. The van der Waals surface area contributed by atoms with Crippen molar-refractivity contribution in [2.24, 2.45) is 0 Å². The Bertz CT molecular complexity index is 17.2. The van der Waals surface area contributed by atoms with Crippen molar-refractivity contribution in [3.05, 3.63) is 13.2 Å². The van der Waals surface area contributed by atoms with Crippen LogP contribution in [0.1, 0.15) is 0 Å². The highest BCUT2D eigenvalue weighted by Gasteiger charge is 1.58. The van der Waals surface area contributed by atoms with Crippen LogP contribution in [0.4, 0.5) is 0 Å². The molecule has 3 heteroatoms. The summed E-state index contributed by atoms with van der Waals surface area (Å²) < 4.78 is 0. The van der Waals surface area contributed by atoms with Crippen LogP contribution in [0.25, 0.3) is 0 Å². The predicted octanol–water partition coefficient (Wildman–Crippen LogP) is -1.14. The molecule has 0 aromatic heterocycles. The maximum absolute atomic E-state index is 7.62. The number of hydrogen-bond acceptors (Lipinski definition) is 2. The van der Waals surface area contributed by atoms with Crippen LogP contribution in [0.15, 0.2) is 13.2 Å². The molecule has 0 saturated heterocycles. The van der Waals surface area contributed by atoms with E-state index in [1.54, 1.807) is 0 Å². The van der Waals surface area contributed by atoms with E-state index in [0.717, 1.165) is 0 Å². The largest absolute Gasteiger partial charge is 0.394 e. The summed E-state index contributed by atoms with van der Waals surface area (Å²) in [6.45, 7) is 5.75. The molecule has 0 spiro atoms. The minimum Gasteiger partial charge on any atom is -0.394 e. The van der Waals surface area contributed by atoms with Crippen LogP contribution in [0, 0.1) is 0 Å². The van der Waals surface area contributed by atoms with Crippen LogP contribution in [0.5, 0.6) is 0 Å². The molecule has 0 unspecified atom stereocenters. The van der Waals surface area contributed by atoms with Gasteiger partial charge in [-0.3, -0.25) is 0 Å². The lowest BCUT2D eigenvalue weighted by atomic mass is 10.8. The first-order chi connectivity index (χ1) is 2.91. The van der Waals surface area contributed by atoms with Gasteiger partial charge in [-0.25, -0.2) is 0 Å². The highest BCUT2D eigenvalue weighted by atomic mass is 24.3. The molecule has 0 aliphatic heterocycles. The van der Waals surface area contributed by atoms with Gasteiger partial charge in [0.2, 0.25) is 0 Å². The van der Waals surface area contributed by atoms with E-state index in [0.29, 0.717) is 0 Å². The van der Waals surface area contributed by atoms with Gasteiger partial charge in [-0.1, -0.05) is 0 Å². The Kier molecular flexibility index (Phi) is 71.9. The molecule has 7 heavy (non-hydrogen) atoms. The smallest absolute Gasteiger partial charge is 0.316 e. The van der Waals surface area contributed by atoms with Gasteiger partial charge in [0.05, 0.1) is 13.2 Å². The molecule has 0 aliphatic rings. The monoisotopic (exact) mass is 116 g/mol. The van der Waals surface area contributed by atoms with Crippen LogP contribution < -0.4 is 0 Å². The first-order valence-corrected chi connectivity index (χ1v) is 1.63. The highest BCUT2D eigenvalue weighted by Crippen LogP contribution is 1.39. The summed E-state index contributed by atoms with van der Waals surface area (Å²) >= 11 is 0. The Morgan fingerprint density at radius 3 is 1.14 bits per heavy atom. The van der Waals surface area contributed by atoms with E-state index in [1.165, 1.54) is 0 Å². The summed E-state index contributed by atoms with van der Waals surface area (Å²) in [7, 11) is 0. The molecule has 0 aromatic carbocycles. The zero-order valence-corrected chi connectivity index (χ0v) is 3.72. The van der Waals surface area contributed by atoms with Crippen LogP contribution in [0.2, 0.25) is 0 Å². The molecular formula is C4H12MgO2. The van der Waals surface area contributed by atoms with Crippen molar-refractivity contribution in [1.82, 2.24) is 0 Å². The Balaban J connectivity index is -0.0000000480. The third kappa shape index (κ3) is 61.9.